The van der Waals surface area contributed by atoms with Gasteiger partial charge in [-0.2, -0.15) is 0 Å². The maximum absolute atomic E-state index is 6.17. The summed E-state index contributed by atoms with van der Waals surface area (Å²) in [5.74, 6) is 0. The fourth-order valence-electron chi connectivity index (χ4n) is 2.82. The molecule has 0 aliphatic rings. The predicted octanol–water partition coefficient (Wildman–Crippen LogP) is 6.11. The summed E-state index contributed by atoms with van der Waals surface area (Å²) in [4.78, 5) is 4.58. The molecule has 0 N–H and O–H groups in total. The van der Waals surface area contributed by atoms with Crippen molar-refractivity contribution in [2.45, 2.75) is 27.7 Å². The van der Waals surface area contributed by atoms with Gasteiger partial charge in [-0.05, 0) is 63.6 Å². The van der Waals surface area contributed by atoms with Crippen molar-refractivity contribution in [3.63, 3.8) is 0 Å². The maximum Gasteiger partial charge on any atom is 0.0644 e. The number of aromatic nitrogens is 1. The van der Waals surface area contributed by atoms with Gasteiger partial charge in [0.05, 0.1) is 5.69 Å². The van der Waals surface area contributed by atoms with E-state index in [4.69, 9.17) is 11.6 Å². The highest BCUT2D eigenvalue weighted by Crippen LogP contribution is 2.24. The van der Waals surface area contributed by atoms with Crippen LogP contribution in [0.1, 0.15) is 28.1 Å². The molecule has 0 amide bonds. The highest BCUT2D eigenvalue weighted by Gasteiger charge is 2.09. The number of halogens is 1. The Kier molecular flexibility index (Phi) is 4.59. The summed E-state index contributed by atoms with van der Waals surface area (Å²) in [6, 6.07) is 16.6. The molecule has 0 radical (unpaired) electrons. The molecular weight excluding hydrogens is 316 g/mol. The molecule has 0 aliphatic carbocycles. The number of hydrogen-bond acceptors (Lipinski definition) is 1. The third kappa shape index (κ3) is 3.29. The smallest absolute Gasteiger partial charge is 0.0644 e. The number of rotatable bonds is 3. The second-order valence-electron chi connectivity index (χ2n) is 6.19. The Hall–Kier alpha value is -2.32. The normalized spacial score (nSPS) is 11.4. The summed E-state index contributed by atoms with van der Waals surface area (Å²) < 4.78 is 2.25. The molecule has 0 saturated heterocycles. The van der Waals surface area contributed by atoms with Crippen LogP contribution in [0.2, 0.25) is 5.02 Å². The first-order valence-electron chi connectivity index (χ1n) is 8.02. The molecule has 24 heavy (non-hydrogen) atoms. The average Bonchev–Trinajstić information content (AvgIpc) is 2.84. The molecule has 0 atom stereocenters. The zero-order valence-electron chi connectivity index (χ0n) is 14.5. The molecule has 0 fully saturated rings. The van der Waals surface area contributed by atoms with Gasteiger partial charge in [0, 0.05) is 33.9 Å². The topological polar surface area (TPSA) is 17.3 Å². The average molecular weight is 337 g/mol. The lowest BCUT2D eigenvalue weighted by molar-refractivity contribution is 0.964. The highest BCUT2D eigenvalue weighted by atomic mass is 35.5. The Morgan fingerprint density at radius 3 is 2.29 bits per heavy atom. The van der Waals surface area contributed by atoms with Crippen LogP contribution in [0.4, 0.5) is 5.69 Å². The fourth-order valence-corrected chi connectivity index (χ4v) is 2.99. The minimum Gasteiger partial charge on any atom is -0.318 e. The summed E-state index contributed by atoms with van der Waals surface area (Å²) in [5.41, 5.74) is 7.86. The second kappa shape index (κ2) is 6.66. The van der Waals surface area contributed by atoms with E-state index < -0.39 is 0 Å². The van der Waals surface area contributed by atoms with Crippen LogP contribution in [-0.4, -0.2) is 10.8 Å². The van der Waals surface area contributed by atoms with Crippen molar-refractivity contribution < 1.29 is 0 Å². The first-order valence-corrected chi connectivity index (χ1v) is 8.39. The van der Waals surface area contributed by atoms with Crippen molar-refractivity contribution in [1.82, 2.24) is 4.57 Å². The molecule has 2 aromatic carbocycles. The van der Waals surface area contributed by atoms with Crippen molar-refractivity contribution in [3.05, 3.63) is 81.6 Å². The van der Waals surface area contributed by atoms with Gasteiger partial charge in [-0.3, -0.25) is 4.99 Å². The van der Waals surface area contributed by atoms with Crippen molar-refractivity contribution >= 4 is 23.5 Å². The Morgan fingerprint density at radius 1 is 0.917 bits per heavy atom. The molecule has 122 valence electrons. The summed E-state index contributed by atoms with van der Waals surface area (Å²) in [7, 11) is 0. The summed E-state index contributed by atoms with van der Waals surface area (Å²) >= 11 is 6.17. The number of nitrogens with zero attached hydrogens (tertiary/aromatic N) is 2. The van der Waals surface area contributed by atoms with Gasteiger partial charge in [0.2, 0.25) is 0 Å². The van der Waals surface area contributed by atoms with Crippen molar-refractivity contribution in [2.75, 3.05) is 0 Å². The largest absolute Gasteiger partial charge is 0.318 e. The van der Waals surface area contributed by atoms with Crippen LogP contribution in [0.25, 0.3) is 5.69 Å². The van der Waals surface area contributed by atoms with Crippen LogP contribution >= 0.6 is 11.6 Å². The van der Waals surface area contributed by atoms with Gasteiger partial charge in [0.15, 0.2) is 0 Å². The number of hydrogen-bond donors (Lipinski definition) is 0. The Bertz CT molecular complexity index is 902. The number of aryl methyl sites for hydroxylation is 3. The van der Waals surface area contributed by atoms with Gasteiger partial charge in [0.1, 0.15) is 0 Å². The number of benzene rings is 2. The van der Waals surface area contributed by atoms with Gasteiger partial charge >= 0.3 is 0 Å². The monoisotopic (exact) mass is 336 g/mol. The fraction of sp³-hybridized carbons (Fsp3) is 0.190. The Morgan fingerprint density at radius 2 is 1.62 bits per heavy atom. The van der Waals surface area contributed by atoms with Crippen LogP contribution in [0.5, 0.6) is 0 Å². The number of aliphatic imine (C=N–C) groups is 1. The lowest BCUT2D eigenvalue weighted by atomic mass is 10.2. The molecule has 0 aliphatic heterocycles. The Labute approximate surface area is 148 Å². The molecule has 0 spiro atoms. The van der Waals surface area contributed by atoms with Crippen LogP contribution in [0.15, 0.2) is 53.5 Å². The SMILES string of the molecule is Cc1ccc(-n2c(C)cc(C=Nc3ccc(C)c(Cl)c3)c2C)cc1. The lowest BCUT2D eigenvalue weighted by Gasteiger charge is -2.09. The summed E-state index contributed by atoms with van der Waals surface area (Å²) in [6.07, 6.45) is 1.91. The van der Waals surface area contributed by atoms with Crippen molar-refractivity contribution in [1.29, 1.82) is 0 Å². The molecule has 0 bridgehead atoms. The summed E-state index contributed by atoms with van der Waals surface area (Å²) in [6.45, 7) is 8.33. The zero-order valence-corrected chi connectivity index (χ0v) is 15.2. The second-order valence-corrected chi connectivity index (χ2v) is 6.60. The van der Waals surface area contributed by atoms with E-state index in [9.17, 15) is 0 Å². The third-order valence-electron chi connectivity index (χ3n) is 4.27. The molecule has 0 saturated carbocycles. The molecular formula is C21H21ClN2. The van der Waals surface area contributed by atoms with Gasteiger partial charge in [-0.25, -0.2) is 0 Å². The quantitative estimate of drug-likeness (QED) is 0.513. The molecule has 3 aromatic rings. The van der Waals surface area contributed by atoms with Crippen LogP contribution in [0, 0.1) is 27.7 Å². The molecule has 0 unspecified atom stereocenters. The minimum absolute atomic E-state index is 0.745. The van der Waals surface area contributed by atoms with E-state index >= 15 is 0 Å². The van der Waals surface area contributed by atoms with Crippen molar-refractivity contribution in [3.8, 4) is 5.69 Å². The van der Waals surface area contributed by atoms with Gasteiger partial charge in [-0.1, -0.05) is 35.4 Å². The van der Waals surface area contributed by atoms with Gasteiger partial charge in [-0.15, -0.1) is 0 Å². The molecule has 3 heteroatoms. The first-order chi connectivity index (χ1) is 11.5. The van der Waals surface area contributed by atoms with E-state index in [1.807, 2.05) is 31.3 Å². The Balaban J connectivity index is 1.95. The highest BCUT2D eigenvalue weighted by molar-refractivity contribution is 6.31. The van der Waals surface area contributed by atoms with Crippen LogP contribution in [0.3, 0.4) is 0 Å². The van der Waals surface area contributed by atoms with Crippen LogP contribution < -0.4 is 0 Å². The van der Waals surface area contributed by atoms with Crippen LogP contribution in [-0.2, 0) is 0 Å². The van der Waals surface area contributed by atoms with Crippen molar-refractivity contribution in [2.24, 2.45) is 4.99 Å². The van der Waals surface area contributed by atoms with Gasteiger partial charge < -0.3 is 4.57 Å². The first kappa shape index (κ1) is 16.5. The molecule has 2 nitrogen and oxygen atoms in total. The lowest BCUT2D eigenvalue weighted by Crippen LogP contribution is -1.99. The van der Waals surface area contributed by atoms with Gasteiger partial charge in [0.25, 0.3) is 0 Å². The van der Waals surface area contributed by atoms with E-state index in [0.717, 1.165) is 21.8 Å². The molecule has 1 aromatic heterocycles. The predicted molar refractivity (Wildman–Crippen MR) is 103 cm³/mol. The molecule has 3 rings (SSSR count). The zero-order chi connectivity index (χ0) is 17.3. The van der Waals surface area contributed by atoms with E-state index in [0.29, 0.717) is 0 Å². The minimum atomic E-state index is 0.745. The van der Waals surface area contributed by atoms with E-state index in [1.54, 1.807) is 0 Å². The van der Waals surface area contributed by atoms with E-state index in [1.165, 1.54) is 22.6 Å². The third-order valence-corrected chi connectivity index (χ3v) is 4.68. The molecule has 1 heterocycles. The van der Waals surface area contributed by atoms with E-state index in [-0.39, 0.29) is 0 Å². The summed E-state index contributed by atoms with van der Waals surface area (Å²) in [5, 5.41) is 0.745. The maximum atomic E-state index is 6.17. The standard InChI is InChI=1S/C21H21ClN2/c1-14-5-9-20(10-6-14)24-16(3)11-18(17(24)4)13-23-19-8-7-15(2)21(22)12-19/h5-13H,1-4H3. The van der Waals surface area contributed by atoms with E-state index in [2.05, 4.69) is 60.7 Å².